The normalized spacial score (nSPS) is 21.8. The molecule has 94 valence electrons. The van der Waals surface area contributed by atoms with Gasteiger partial charge in [0.25, 0.3) is 0 Å². The molecular formula is C11H22N2O3. The van der Waals surface area contributed by atoms with Gasteiger partial charge in [-0.1, -0.05) is 6.42 Å². The highest BCUT2D eigenvalue weighted by Gasteiger charge is 2.21. The van der Waals surface area contributed by atoms with Crippen molar-refractivity contribution in [1.82, 2.24) is 9.80 Å². The molecule has 0 aliphatic carbocycles. The third-order valence-electron chi connectivity index (χ3n) is 2.93. The van der Waals surface area contributed by atoms with E-state index in [4.69, 9.17) is 4.74 Å². The predicted octanol–water partition coefficient (Wildman–Crippen LogP) is 0.531. The molecule has 0 spiro atoms. The number of nitrogens with zero attached hydrogens (tertiary/aromatic N) is 2. The molecule has 0 saturated carbocycles. The van der Waals surface area contributed by atoms with Gasteiger partial charge in [-0.3, -0.25) is 4.90 Å². The first-order chi connectivity index (χ1) is 7.65. The minimum atomic E-state index is -0.308. The van der Waals surface area contributed by atoms with Crippen LogP contribution in [0.4, 0.5) is 4.79 Å². The van der Waals surface area contributed by atoms with Crippen molar-refractivity contribution >= 4 is 6.09 Å². The summed E-state index contributed by atoms with van der Waals surface area (Å²) in [6.07, 6.45) is 3.08. The summed E-state index contributed by atoms with van der Waals surface area (Å²) >= 11 is 0. The molecule has 1 heterocycles. The van der Waals surface area contributed by atoms with Crippen molar-refractivity contribution in [2.45, 2.75) is 25.3 Å². The fourth-order valence-electron chi connectivity index (χ4n) is 1.94. The molecule has 0 radical (unpaired) electrons. The summed E-state index contributed by atoms with van der Waals surface area (Å²) in [7, 11) is 3.33. The van der Waals surface area contributed by atoms with Crippen molar-refractivity contribution in [2.75, 3.05) is 40.4 Å². The predicted molar refractivity (Wildman–Crippen MR) is 61.3 cm³/mol. The third-order valence-corrected chi connectivity index (χ3v) is 2.93. The lowest BCUT2D eigenvalue weighted by Gasteiger charge is -2.34. The molecule has 5 heteroatoms. The van der Waals surface area contributed by atoms with Gasteiger partial charge in [0.1, 0.15) is 6.61 Å². The summed E-state index contributed by atoms with van der Waals surface area (Å²) in [5, 5.41) is 9.20. The molecule has 0 aromatic rings. The second-order valence-electron chi connectivity index (χ2n) is 4.38. The van der Waals surface area contributed by atoms with Gasteiger partial charge >= 0.3 is 6.09 Å². The maximum atomic E-state index is 11.2. The van der Waals surface area contributed by atoms with Gasteiger partial charge in [-0.25, -0.2) is 4.79 Å². The van der Waals surface area contributed by atoms with Crippen LogP contribution in [0.1, 0.15) is 19.3 Å². The molecule has 1 aliphatic rings. The van der Waals surface area contributed by atoms with Crippen LogP contribution in [0, 0.1) is 0 Å². The molecule has 1 aliphatic heterocycles. The Balaban J connectivity index is 2.22. The lowest BCUT2D eigenvalue weighted by atomic mass is 10.0. The molecule has 0 aromatic heterocycles. The first kappa shape index (κ1) is 13.3. The number of aliphatic hydroxyl groups excluding tert-OH is 1. The van der Waals surface area contributed by atoms with E-state index in [2.05, 4.69) is 4.90 Å². The largest absolute Gasteiger partial charge is 0.448 e. The Morgan fingerprint density at radius 1 is 1.50 bits per heavy atom. The average molecular weight is 230 g/mol. The van der Waals surface area contributed by atoms with Gasteiger partial charge in [-0.05, 0) is 19.4 Å². The van der Waals surface area contributed by atoms with E-state index in [1.165, 1.54) is 11.3 Å². The zero-order chi connectivity index (χ0) is 12.0. The summed E-state index contributed by atoms with van der Waals surface area (Å²) in [6.45, 7) is 2.30. The smallest absolute Gasteiger partial charge is 0.409 e. The molecule has 0 unspecified atom stereocenters. The molecule has 1 saturated heterocycles. The number of hydrogen-bond donors (Lipinski definition) is 1. The average Bonchev–Trinajstić information content (AvgIpc) is 2.29. The molecule has 1 rings (SSSR count). The molecular weight excluding hydrogens is 208 g/mol. The second kappa shape index (κ2) is 6.70. The summed E-state index contributed by atoms with van der Waals surface area (Å²) in [4.78, 5) is 14.8. The summed E-state index contributed by atoms with van der Waals surface area (Å²) in [5.74, 6) is 0. The minimum absolute atomic E-state index is 0.196. The van der Waals surface area contributed by atoms with Crippen LogP contribution in [0.5, 0.6) is 0 Å². The van der Waals surface area contributed by atoms with Crippen molar-refractivity contribution in [1.29, 1.82) is 0 Å². The van der Waals surface area contributed by atoms with Gasteiger partial charge < -0.3 is 14.7 Å². The molecule has 1 atom stereocenters. The quantitative estimate of drug-likeness (QED) is 0.765. The number of amides is 1. The maximum Gasteiger partial charge on any atom is 0.409 e. The zero-order valence-corrected chi connectivity index (χ0v) is 10.2. The number of carbonyl (C=O) groups excluding carboxylic acids is 1. The number of likely N-dealkylation sites (tertiary alicyclic amines) is 1. The molecule has 1 amide bonds. The highest BCUT2D eigenvalue weighted by atomic mass is 16.6. The topological polar surface area (TPSA) is 53.0 Å². The van der Waals surface area contributed by atoms with Crippen molar-refractivity contribution in [3.63, 3.8) is 0 Å². The van der Waals surface area contributed by atoms with E-state index in [1.807, 2.05) is 0 Å². The number of rotatable bonds is 4. The Morgan fingerprint density at radius 3 is 2.88 bits per heavy atom. The number of piperidine rings is 1. The molecule has 1 fully saturated rings. The van der Waals surface area contributed by atoms with E-state index in [1.54, 1.807) is 14.1 Å². The molecule has 0 bridgehead atoms. The van der Waals surface area contributed by atoms with Crippen molar-refractivity contribution in [3.8, 4) is 0 Å². The maximum absolute atomic E-state index is 11.2. The number of aliphatic hydroxyl groups is 1. The molecule has 0 aromatic carbocycles. The fourth-order valence-corrected chi connectivity index (χ4v) is 1.94. The van der Waals surface area contributed by atoms with E-state index in [-0.39, 0.29) is 18.7 Å². The van der Waals surface area contributed by atoms with Crippen molar-refractivity contribution < 1.29 is 14.6 Å². The van der Waals surface area contributed by atoms with Gasteiger partial charge in [0.15, 0.2) is 0 Å². The first-order valence-electron chi connectivity index (χ1n) is 5.84. The van der Waals surface area contributed by atoms with Gasteiger partial charge in [0.05, 0.1) is 6.61 Å². The SMILES string of the molecule is CN(C)C(=O)OCCN1CCCC[C@@H]1CO. The summed E-state index contributed by atoms with van der Waals surface area (Å²) < 4.78 is 5.06. The van der Waals surface area contributed by atoms with Crippen LogP contribution in [-0.2, 0) is 4.74 Å². The van der Waals surface area contributed by atoms with Crippen LogP contribution in [0.25, 0.3) is 0 Å². The van der Waals surface area contributed by atoms with Crippen LogP contribution in [-0.4, -0.2) is 67.4 Å². The summed E-state index contributed by atoms with van der Waals surface area (Å²) in [5.41, 5.74) is 0. The van der Waals surface area contributed by atoms with E-state index in [0.717, 1.165) is 19.4 Å². The monoisotopic (exact) mass is 230 g/mol. The van der Waals surface area contributed by atoms with Gasteiger partial charge in [-0.2, -0.15) is 0 Å². The van der Waals surface area contributed by atoms with E-state index in [0.29, 0.717) is 13.2 Å². The second-order valence-corrected chi connectivity index (χ2v) is 4.38. The van der Waals surface area contributed by atoms with Crippen LogP contribution in [0.15, 0.2) is 0 Å². The Morgan fingerprint density at radius 2 is 2.25 bits per heavy atom. The van der Waals surface area contributed by atoms with Gasteiger partial charge in [0.2, 0.25) is 0 Å². The molecule has 1 N–H and O–H groups in total. The Labute approximate surface area is 97.0 Å². The summed E-state index contributed by atoms with van der Waals surface area (Å²) in [6, 6.07) is 0.242. The van der Waals surface area contributed by atoms with Crippen LogP contribution in [0.3, 0.4) is 0 Å². The van der Waals surface area contributed by atoms with Gasteiger partial charge in [0, 0.05) is 26.7 Å². The van der Waals surface area contributed by atoms with Crippen molar-refractivity contribution in [2.24, 2.45) is 0 Å². The fraction of sp³-hybridized carbons (Fsp3) is 0.909. The zero-order valence-electron chi connectivity index (χ0n) is 10.2. The lowest BCUT2D eigenvalue weighted by Crippen LogP contribution is -2.43. The number of ether oxygens (including phenoxy) is 1. The molecule has 5 nitrogen and oxygen atoms in total. The Bertz CT molecular complexity index is 221. The Hall–Kier alpha value is -0.810. The van der Waals surface area contributed by atoms with Crippen LogP contribution < -0.4 is 0 Å². The van der Waals surface area contributed by atoms with Crippen LogP contribution in [0.2, 0.25) is 0 Å². The van der Waals surface area contributed by atoms with E-state index >= 15 is 0 Å². The van der Waals surface area contributed by atoms with E-state index in [9.17, 15) is 9.90 Å². The lowest BCUT2D eigenvalue weighted by molar-refractivity contribution is 0.0586. The minimum Gasteiger partial charge on any atom is -0.448 e. The van der Waals surface area contributed by atoms with Gasteiger partial charge in [-0.15, -0.1) is 0 Å². The number of carbonyl (C=O) groups is 1. The third kappa shape index (κ3) is 3.98. The number of hydrogen-bond acceptors (Lipinski definition) is 4. The van der Waals surface area contributed by atoms with E-state index < -0.39 is 0 Å². The standard InChI is InChI=1S/C11H22N2O3/c1-12(2)11(15)16-8-7-13-6-4-3-5-10(13)9-14/h10,14H,3-9H2,1-2H3/t10-/m1/s1. The highest BCUT2D eigenvalue weighted by Crippen LogP contribution is 2.15. The Kier molecular flexibility index (Phi) is 5.55. The highest BCUT2D eigenvalue weighted by molar-refractivity contribution is 5.66. The van der Waals surface area contributed by atoms with Crippen molar-refractivity contribution in [3.05, 3.63) is 0 Å². The van der Waals surface area contributed by atoms with Crippen LogP contribution >= 0.6 is 0 Å². The first-order valence-corrected chi connectivity index (χ1v) is 5.84. The molecule has 16 heavy (non-hydrogen) atoms.